The molecule has 0 saturated heterocycles. The highest BCUT2D eigenvalue weighted by Gasteiger charge is 2.25. The standard InChI is InChI=1S/C14H13N7O2/c15-12(22)9-6-18-21-10(1-2-17-13(9)21)14(23)19-8-5-11-16-3-4-20(11)7-8/h1-4,6,8H,5,7H2,(H2,15,22)(H,19,23). The van der Waals surface area contributed by atoms with Crippen LogP contribution in [0.1, 0.15) is 26.7 Å². The predicted molar refractivity (Wildman–Crippen MR) is 78.7 cm³/mol. The molecule has 0 saturated carbocycles. The molecule has 1 unspecified atom stereocenters. The van der Waals surface area contributed by atoms with E-state index in [0.717, 1.165) is 5.82 Å². The van der Waals surface area contributed by atoms with E-state index in [-0.39, 0.29) is 23.2 Å². The molecule has 0 spiro atoms. The third-order valence-corrected chi connectivity index (χ3v) is 3.88. The predicted octanol–water partition coefficient (Wildman–Crippen LogP) is -0.621. The molecule has 23 heavy (non-hydrogen) atoms. The lowest BCUT2D eigenvalue weighted by Crippen LogP contribution is -2.37. The van der Waals surface area contributed by atoms with Gasteiger partial charge in [-0.3, -0.25) is 9.59 Å². The second-order valence-corrected chi connectivity index (χ2v) is 5.36. The number of carbonyl (C=O) groups excluding carboxylic acids is 2. The van der Waals surface area contributed by atoms with Crippen LogP contribution in [0.25, 0.3) is 5.65 Å². The van der Waals surface area contributed by atoms with Crippen molar-refractivity contribution in [3.05, 3.63) is 47.9 Å². The van der Waals surface area contributed by atoms with E-state index in [4.69, 9.17) is 5.73 Å². The molecule has 2 amide bonds. The summed E-state index contributed by atoms with van der Waals surface area (Å²) in [4.78, 5) is 32.2. The fraction of sp³-hybridized carbons (Fsp3) is 0.214. The van der Waals surface area contributed by atoms with E-state index < -0.39 is 5.91 Å². The first-order chi connectivity index (χ1) is 11.1. The minimum atomic E-state index is -0.633. The first-order valence-corrected chi connectivity index (χ1v) is 7.07. The van der Waals surface area contributed by atoms with Gasteiger partial charge in [0.1, 0.15) is 17.1 Å². The van der Waals surface area contributed by atoms with Gasteiger partial charge in [-0.05, 0) is 6.07 Å². The Balaban J connectivity index is 1.60. The summed E-state index contributed by atoms with van der Waals surface area (Å²) in [7, 11) is 0. The molecule has 1 aliphatic heterocycles. The second-order valence-electron chi connectivity index (χ2n) is 5.36. The molecule has 0 bridgehead atoms. The maximum absolute atomic E-state index is 12.5. The number of imidazole rings is 1. The van der Waals surface area contributed by atoms with E-state index >= 15 is 0 Å². The first kappa shape index (κ1) is 13.4. The molecular weight excluding hydrogens is 298 g/mol. The van der Waals surface area contributed by atoms with Gasteiger partial charge in [-0.2, -0.15) is 5.10 Å². The summed E-state index contributed by atoms with van der Waals surface area (Å²) >= 11 is 0. The van der Waals surface area contributed by atoms with Gasteiger partial charge in [-0.1, -0.05) is 0 Å². The van der Waals surface area contributed by atoms with Crippen LogP contribution in [-0.4, -0.2) is 42.0 Å². The van der Waals surface area contributed by atoms with Crippen molar-refractivity contribution in [3.63, 3.8) is 0 Å². The lowest BCUT2D eigenvalue weighted by atomic mass is 10.2. The number of fused-ring (bicyclic) bond motifs is 2. The fourth-order valence-electron chi connectivity index (χ4n) is 2.81. The topological polar surface area (TPSA) is 120 Å². The smallest absolute Gasteiger partial charge is 0.270 e. The molecule has 4 rings (SSSR count). The van der Waals surface area contributed by atoms with Gasteiger partial charge in [-0.15, -0.1) is 0 Å². The molecule has 9 nitrogen and oxygen atoms in total. The number of amides is 2. The Labute approximate surface area is 130 Å². The average molecular weight is 311 g/mol. The van der Waals surface area contributed by atoms with Crippen molar-refractivity contribution >= 4 is 17.5 Å². The van der Waals surface area contributed by atoms with Crippen LogP contribution in [0.4, 0.5) is 0 Å². The molecule has 116 valence electrons. The molecule has 0 aliphatic carbocycles. The SMILES string of the molecule is NC(=O)c1cnn2c(C(=O)NC3Cc4nccn4C3)ccnc12. The van der Waals surface area contributed by atoms with Crippen LogP contribution >= 0.6 is 0 Å². The Morgan fingerprint density at radius 2 is 2.17 bits per heavy atom. The average Bonchev–Trinajstić information content (AvgIpc) is 3.19. The van der Waals surface area contributed by atoms with E-state index in [2.05, 4.69) is 20.4 Å². The number of carbonyl (C=O) groups is 2. The first-order valence-electron chi connectivity index (χ1n) is 7.07. The van der Waals surface area contributed by atoms with E-state index in [1.165, 1.54) is 16.9 Å². The zero-order valence-corrected chi connectivity index (χ0v) is 12.0. The molecule has 0 aromatic carbocycles. The zero-order chi connectivity index (χ0) is 16.0. The number of nitrogens with zero attached hydrogens (tertiary/aromatic N) is 5. The lowest BCUT2D eigenvalue weighted by Gasteiger charge is -2.12. The number of primary amides is 1. The summed E-state index contributed by atoms with van der Waals surface area (Å²) in [5, 5.41) is 6.99. The normalized spacial score (nSPS) is 16.4. The molecule has 1 atom stereocenters. The van der Waals surface area contributed by atoms with Gasteiger partial charge >= 0.3 is 0 Å². The molecule has 3 aromatic heterocycles. The van der Waals surface area contributed by atoms with Crippen molar-refractivity contribution < 1.29 is 9.59 Å². The number of rotatable bonds is 3. The molecule has 3 aromatic rings. The highest BCUT2D eigenvalue weighted by atomic mass is 16.2. The van der Waals surface area contributed by atoms with Crippen LogP contribution in [0, 0.1) is 0 Å². The summed E-state index contributed by atoms with van der Waals surface area (Å²) in [6, 6.07) is 1.52. The number of nitrogens with one attached hydrogen (secondary N) is 1. The molecule has 9 heteroatoms. The molecule has 0 radical (unpaired) electrons. The van der Waals surface area contributed by atoms with Crippen LogP contribution in [0.15, 0.2) is 30.9 Å². The van der Waals surface area contributed by atoms with Crippen molar-refractivity contribution in [2.75, 3.05) is 0 Å². The molecular formula is C14H13N7O2. The van der Waals surface area contributed by atoms with E-state index in [1.54, 1.807) is 12.3 Å². The Kier molecular flexibility index (Phi) is 2.86. The van der Waals surface area contributed by atoms with Crippen molar-refractivity contribution in [2.24, 2.45) is 5.73 Å². The van der Waals surface area contributed by atoms with Crippen molar-refractivity contribution in [2.45, 2.75) is 19.0 Å². The van der Waals surface area contributed by atoms with Gasteiger partial charge in [-0.25, -0.2) is 14.5 Å². The maximum atomic E-state index is 12.5. The van der Waals surface area contributed by atoms with Gasteiger partial charge < -0.3 is 15.6 Å². The van der Waals surface area contributed by atoms with Crippen LogP contribution in [0.3, 0.4) is 0 Å². The van der Waals surface area contributed by atoms with Gasteiger partial charge in [0.15, 0.2) is 5.65 Å². The number of hydrogen-bond acceptors (Lipinski definition) is 5. The van der Waals surface area contributed by atoms with Gasteiger partial charge in [0.05, 0.1) is 12.2 Å². The summed E-state index contributed by atoms with van der Waals surface area (Å²) < 4.78 is 3.33. The van der Waals surface area contributed by atoms with Crippen LogP contribution in [-0.2, 0) is 13.0 Å². The minimum absolute atomic E-state index is 0.0272. The van der Waals surface area contributed by atoms with Gasteiger partial charge in [0.2, 0.25) is 0 Å². The van der Waals surface area contributed by atoms with Crippen LogP contribution in [0.2, 0.25) is 0 Å². The Morgan fingerprint density at radius 3 is 2.96 bits per heavy atom. The number of aromatic nitrogens is 5. The lowest BCUT2D eigenvalue weighted by molar-refractivity contribution is 0.0927. The third-order valence-electron chi connectivity index (χ3n) is 3.88. The molecule has 4 heterocycles. The van der Waals surface area contributed by atoms with Gasteiger partial charge in [0, 0.05) is 31.6 Å². The molecule has 1 aliphatic rings. The monoisotopic (exact) mass is 311 g/mol. The van der Waals surface area contributed by atoms with Crippen molar-refractivity contribution in [1.29, 1.82) is 0 Å². The fourth-order valence-corrected chi connectivity index (χ4v) is 2.81. The van der Waals surface area contributed by atoms with Crippen LogP contribution in [0.5, 0.6) is 0 Å². The number of nitrogens with two attached hydrogens (primary N) is 1. The highest BCUT2D eigenvalue weighted by molar-refractivity contribution is 5.99. The molecule has 0 fully saturated rings. The zero-order valence-electron chi connectivity index (χ0n) is 12.0. The Bertz CT molecular complexity index is 906. The van der Waals surface area contributed by atoms with E-state index in [1.807, 2.05) is 10.8 Å². The van der Waals surface area contributed by atoms with Gasteiger partial charge in [0.25, 0.3) is 11.8 Å². The van der Waals surface area contributed by atoms with Crippen LogP contribution < -0.4 is 11.1 Å². The summed E-state index contributed by atoms with van der Waals surface area (Å²) in [6.45, 7) is 0.681. The third kappa shape index (κ3) is 2.13. The van der Waals surface area contributed by atoms with E-state index in [9.17, 15) is 9.59 Å². The summed E-state index contributed by atoms with van der Waals surface area (Å²) in [5.41, 5.74) is 6.02. The minimum Gasteiger partial charge on any atom is -0.365 e. The maximum Gasteiger partial charge on any atom is 0.270 e. The highest BCUT2D eigenvalue weighted by Crippen LogP contribution is 2.14. The largest absolute Gasteiger partial charge is 0.365 e. The summed E-state index contributed by atoms with van der Waals surface area (Å²) in [5.74, 6) is 0.0313. The summed E-state index contributed by atoms with van der Waals surface area (Å²) in [6.07, 6.45) is 7.08. The second kappa shape index (κ2) is 4.90. The Hall–Kier alpha value is -3.23. The Morgan fingerprint density at radius 1 is 1.30 bits per heavy atom. The van der Waals surface area contributed by atoms with Crippen molar-refractivity contribution in [1.82, 2.24) is 29.5 Å². The number of hydrogen-bond donors (Lipinski definition) is 2. The molecule has 3 N–H and O–H groups in total. The van der Waals surface area contributed by atoms with Crippen molar-refractivity contribution in [3.8, 4) is 0 Å². The van der Waals surface area contributed by atoms with E-state index in [0.29, 0.717) is 18.7 Å². The quantitative estimate of drug-likeness (QED) is 0.668.